The van der Waals surface area contributed by atoms with Crippen molar-refractivity contribution in [2.75, 3.05) is 30.4 Å². The van der Waals surface area contributed by atoms with Gasteiger partial charge in [0.2, 0.25) is 5.91 Å². The molecule has 0 aliphatic carbocycles. The highest BCUT2D eigenvalue weighted by Gasteiger charge is 2.26. The molecule has 1 aliphatic rings. The number of hydrogen-bond donors (Lipinski definition) is 1. The summed E-state index contributed by atoms with van der Waals surface area (Å²) in [6.07, 6.45) is 4.33. The normalized spacial score (nSPS) is 16.5. The molecule has 3 aromatic rings. The van der Waals surface area contributed by atoms with E-state index in [0.29, 0.717) is 11.3 Å². The molecular weight excluding hydrogens is 386 g/mol. The van der Waals surface area contributed by atoms with E-state index in [0.717, 1.165) is 30.9 Å². The smallest absolute Gasteiger partial charge is 0.269 e. The van der Waals surface area contributed by atoms with Crippen LogP contribution in [-0.2, 0) is 16.1 Å². The van der Waals surface area contributed by atoms with Crippen molar-refractivity contribution in [2.45, 2.75) is 38.8 Å². The first-order valence-corrected chi connectivity index (χ1v) is 9.93. The summed E-state index contributed by atoms with van der Waals surface area (Å²) in [4.78, 5) is 27.4. The second-order valence-electron chi connectivity index (χ2n) is 7.72. The molecule has 0 bridgehead atoms. The van der Waals surface area contributed by atoms with Crippen LogP contribution in [0.4, 0.5) is 11.4 Å². The van der Waals surface area contributed by atoms with Gasteiger partial charge in [0, 0.05) is 32.5 Å². The highest BCUT2D eigenvalue weighted by Crippen LogP contribution is 2.27. The minimum Gasteiger partial charge on any atom is -0.380 e. The molecule has 4 rings (SSSR count). The fourth-order valence-electron chi connectivity index (χ4n) is 3.65. The Balaban J connectivity index is 1.54. The Hall–Kier alpha value is -3.27. The third kappa shape index (κ3) is 4.04. The van der Waals surface area contributed by atoms with E-state index in [4.69, 9.17) is 4.74 Å². The number of fused-ring (bicyclic) bond motifs is 1. The number of anilines is 2. The van der Waals surface area contributed by atoms with Crippen molar-refractivity contribution in [1.29, 1.82) is 0 Å². The number of pyridine rings is 1. The first-order chi connectivity index (χ1) is 14.4. The maximum atomic E-state index is 12.7. The van der Waals surface area contributed by atoms with Crippen LogP contribution in [0, 0.1) is 0 Å². The van der Waals surface area contributed by atoms with Gasteiger partial charge in [0.05, 0.1) is 23.2 Å². The van der Waals surface area contributed by atoms with E-state index in [1.54, 1.807) is 42.2 Å². The molecule has 1 amide bonds. The Morgan fingerprint density at radius 1 is 1.37 bits per heavy atom. The van der Waals surface area contributed by atoms with Crippen molar-refractivity contribution in [3.05, 3.63) is 46.8 Å². The first kappa shape index (κ1) is 20.0. The van der Waals surface area contributed by atoms with Gasteiger partial charge in [-0.15, -0.1) is 10.2 Å². The van der Waals surface area contributed by atoms with Crippen LogP contribution in [0.25, 0.3) is 5.65 Å². The van der Waals surface area contributed by atoms with Gasteiger partial charge in [-0.05, 0) is 24.5 Å². The van der Waals surface area contributed by atoms with Gasteiger partial charge in [-0.1, -0.05) is 13.8 Å². The number of carbonyl (C=O) groups excluding carboxylic acids is 1. The van der Waals surface area contributed by atoms with E-state index in [2.05, 4.69) is 25.5 Å². The summed E-state index contributed by atoms with van der Waals surface area (Å²) >= 11 is 0. The fourth-order valence-corrected chi connectivity index (χ4v) is 3.65. The van der Waals surface area contributed by atoms with Gasteiger partial charge in [0.15, 0.2) is 5.65 Å². The predicted octanol–water partition coefficient (Wildman–Crippen LogP) is 1.27. The third-order valence-corrected chi connectivity index (χ3v) is 5.24. The van der Waals surface area contributed by atoms with Crippen LogP contribution in [0.15, 0.2) is 35.5 Å². The minimum absolute atomic E-state index is 0.104. The molecular formula is C20H25N7O3. The zero-order valence-corrected chi connectivity index (χ0v) is 17.3. The Morgan fingerprint density at radius 3 is 2.93 bits per heavy atom. The number of nitrogens with zero attached hydrogens (tertiary/aromatic N) is 6. The maximum Gasteiger partial charge on any atom is 0.269 e. The Labute approximate surface area is 173 Å². The molecule has 3 aromatic heterocycles. The monoisotopic (exact) mass is 411 g/mol. The number of rotatable bonds is 6. The molecule has 1 N–H and O–H groups in total. The minimum atomic E-state index is -0.333. The summed E-state index contributed by atoms with van der Waals surface area (Å²) < 4.78 is 8.36. The van der Waals surface area contributed by atoms with Crippen LogP contribution in [0.5, 0.6) is 0 Å². The molecule has 0 spiro atoms. The quantitative estimate of drug-likeness (QED) is 0.651. The number of hydrogen-bond acceptors (Lipinski definition) is 7. The van der Waals surface area contributed by atoms with Crippen LogP contribution in [0.3, 0.4) is 0 Å². The number of methoxy groups -OCH3 is 1. The molecule has 1 atom stereocenters. The molecule has 1 saturated heterocycles. The summed E-state index contributed by atoms with van der Waals surface area (Å²) in [7, 11) is 1.70. The van der Waals surface area contributed by atoms with Crippen molar-refractivity contribution >= 4 is 22.9 Å². The van der Waals surface area contributed by atoms with Gasteiger partial charge >= 0.3 is 0 Å². The maximum absolute atomic E-state index is 12.7. The zero-order valence-electron chi connectivity index (χ0n) is 17.3. The molecule has 4 heterocycles. The molecule has 0 unspecified atom stereocenters. The summed E-state index contributed by atoms with van der Waals surface area (Å²) in [6, 6.07) is 5.07. The first-order valence-electron chi connectivity index (χ1n) is 9.93. The molecule has 10 nitrogen and oxygen atoms in total. The molecule has 1 aliphatic heterocycles. The van der Waals surface area contributed by atoms with Gasteiger partial charge in [0.1, 0.15) is 12.9 Å². The van der Waals surface area contributed by atoms with Gasteiger partial charge in [-0.25, -0.2) is 4.68 Å². The van der Waals surface area contributed by atoms with Crippen LogP contribution in [-0.4, -0.2) is 56.6 Å². The van der Waals surface area contributed by atoms with Crippen LogP contribution < -0.4 is 15.8 Å². The lowest BCUT2D eigenvalue weighted by molar-refractivity contribution is -0.117. The summed E-state index contributed by atoms with van der Waals surface area (Å²) in [5, 5.41) is 15.1. The molecule has 10 heteroatoms. The molecule has 0 radical (unpaired) electrons. The highest BCUT2D eigenvalue weighted by atomic mass is 16.5. The lowest BCUT2D eigenvalue weighted by atomic mass is 10.1. The molecule has 0 saturated carbocycles. The van der Waals surface area contributed by atoms with Crippen molar-refractivity contribution in [2.24, 2.45) is 0 Å². The van der Waals surface area contributed by atoms with Crippen LogP contribution in [0.1, 0.15) is 31.9 Å². The zero-order chi connectivity index (χ0) is 21.3. The number of amides is 1. The van der Waals surface area contributed by atoms with Crippen molar-refractivity contribution in [3.8, 4) is 0 Å². The van der Waals surface area contributed by atoms with Crippen LogP contribution >= 0.6 is 0 Å². The van der Waals surface area contributed by atoms with Crippen molar-refractivity contribution < 1.29 is 9.53 Å². The fraction of sp³-hybridized carbons (Fsp3) is 0.450. The van der Waals surface area contributed by atoms with E-state index in [1.165, 1.54) is 4.68 Å². The van der Waals surface area contributed by atoms with E-state index in [1.807, 2.05) is 13.8 Å². The molecule has 0 aromatic carbocycles. The van der Waals surface area contributed by atoms with E-state index < -0.39 is 0 Å². The molecule has 158 valence electrons. The Morgan fingerprint density at radius 2 is 2.20 bits per heavy atom. The number of carbonyl (C=O) groups is 1. The van der Waals surface area contributed by atoms with Crippen molar-refractivity contribution in [3.63, 3.8) is 0 Å². The van der Waals surface area contributed by atoms with Gasteiger partial charge < -0.3 is 15.0 Å². The van der Waals surface area contributed by atoms with Crippen molar-refractivity contribution in [1.82, 2.24) is 24.4 Å². The summed E-state index contributed by atoms with van der Waals surface area (Å²) in [5.41, 5.74) is 2.58. The van der Waals surface area contributed by atoms with Gasteiger partial charge in [0.25, 0.3) is 5.56 Å². The molecule has 1 fully saturated rings. The second kappa shape index (κ2) is 8.23. The summed E-state index contributed by atoms with van der Waals surface area (Å²) in [5.74, 6) is -0.229. The Bertz CT molecular complexity index is 1120. The average molecular weight is 411 g/mol. The largest absolute Gasteiger partial charge is 0.380 e. The second-order valence-corrected chi connectivity index (χ2v) is 7.72. The van der Waals surface area contributed by atoms with E-state index in [9.17, 15) is 9.59 Å². The number of nitrogens with one attached hydrogen (secondary N) is 1. The lowest BCUT2D eigenvalue weighted by Gasteiger charge is -2.23. The standard InChI is InChI=1S/C20H25N7O3/c1-13(2)20-16(25-7-6-15(10-25)30-3)8-19(29)27(24-20)11-18(28)22-14-4-5-17-23-21-12-26(17)9-14/h4-5,8-9,12-13,15H,6-7,10-11H2,1-3H3,(H,22,28)/t15-/m0/s1. The summed E-state index contributed by atoms with van der Waals surface area (Å²) in [6.45, 7) is 5.43. The topological polar surface area (TPSA) is 107 Å². The van der Waals surface area contributed by atoms with E-state index >= 15 is 0 Å². The average Bonchev–Trinajstić information content (AvgIpc) is 3.37. The van der Waals surface area contributed by atoms with Crippen LogP contribution in [0.2, 0.25) is 0 Å². The number of ether oxygens (including phenoxy) is 1. The third-order valence-electron chi connectivity index (χ3n) is 5.24. The number of aromatic nitrogens is 5. The van der Waals surface area contributed by atoms with Gasteiger partial charge in [-0.2, -0.15) is 5.10 Å². The molecule has 30 heavy (non-hydrogen) atoms. The SMILES string of the molecule is CO[C@H]1CCN(c2cc(=O)n(CC(=O)Nc3ccc4nncn4c3)nc2C(C)C)C1. The van der Waals surface area contributed by atoms with E-state index in [-0.39, 0.29) is 30.0 Å². The van der Waals surface area contributed by atoms with Gasteiger partial charge in [-0.3, -0.25) is 14.0 Å². The highest BCUT2D eigenvalue weighted by molar-refractivity contribution is 5.90. The Kier molecular flexibility index (Phi) is 5.49. The lowest BCUT2D eigenvalue weighted by Crippen LogP contribution is -2.33. The predicted molar refractivity (Wildman–Crippen MR) is 112 cm³/mol.